The van der Waals surface area contributed by atoms with Crippen molar-refractivity contribution in [2.24, 2.45) is 0 Å². The highest BCUT2D eigenvalue weighted by Gasteiger charge is 2.13. The molecular weight excluding hydrogens is 382 g/mol. The van der Waals surface area contributed by atoms with Crippen molar-refractivity contribution in [2.45, 2.75) is 13.5 Å². The fraction of sp³-hybridized carbons (Fsp3) is 0.182. The van der Waals surface area contributed by atoms with Gasteiger partial charge in [0.15, 0.2) is 23.0 Å². The second-order valence-corrected chi connectivity index (χ2v) is 6.72. The Labute approximate surface area is 173 Å². The average molecular weight is 403 g/mol. The summed E-state index contributed by atoms with van der Waals surface area (Å²) in [4.78, 5) is 12.6. The molecule has 2 aromatic carbocycles. The van der Waals surface area contributed by atoms with E-state index in [0.717, 1.165) is 11.3 Å². The molecule has 0 aliphatic carbocycles. The van der Waals surface area contributed by atoms with Crippen LogP contribution in [0.15, 0.2) is 54.6 Å². The molecule has 0 unspecified atom stereocenters. The van der Waals surface area contributed by atoms with E-state index in [0.29, 0.717) is 28.5 Å². The largest absolute Gasteiger partial charge is 0.493 e. The number of carbonyl (C=O) groups excluding carboxylic acids is 1. The maximum absolute atomic E-state index is 12.6. The molecule has 0 saturated heterocycles. The molecule has 0 fully saturated rings. The summed E-state index contributed by atoms with van der Waals surface area (Å²) in [5.41, 5.74) is 4.05. The summed E-state index contributed by atoms with van der Waals surface area (Å²) in [6.07, 6.45) is 0. The van der Waals surface area contributed by atoms with E-state index >= 15 is 0 Å². The van der Waals surface area contributed by atoms with Crippen LogP contribution in [0.3, 0.4) is 0 Å². The van der Waals surface area contributed by atoms with Gasteiger partial charge in [-0.2, -0.15) is 9.61 Å². The number of amides is 1. The standard InChI is InChI=1S/C22H21N5O3/c1-14-4-6-15(7-5-14)17-9-11-20-24-25-21(27(20)26-17)13-23-22(28)16-8-10-18(29-2)19(12-16)30-3/h4-12H,13H2,1-3H3,(H,23,28). The van der Waals surface area contributed by atoms with Crippen LogP contribution in [0.25, 0.3) is 16.9 Å². The van der Waals surface area contributed by atoms with E-state index < -0.39 is 0 Å². The van der Waals surface area contributed by atoms with Crippen molar-refractivity contribution in [2.75, 3.05) is 14.2 Å². The first kappa shape index (κ1) is 19.4. The quantitative estimate of drug-likeness (QED) is 0.532. The van der Waals surface area contributed by atoms with Crippen LogP contribution < -0.4 is 14.8 Å². The van der Waals surface area contributed by atoms with Crippen molar-refractivity contribution in [1.82, 2.24) is 25.1 Å². The number of aryl methyl sites for hydroxylation is 1. The fourth-order valence-corrected chi connectivity index (χ4v) is 3.06. The Morgan fingerprint density at radius 2 is 1.73 bits per heavy atom. The molecular formula is C22H21N5O3. The zero-order chi connectivity index (χ0) is 21.1. The summed E-state index contributed by atoms with van der Waals surface area (Å²) in [5, 5.41) is 15.8. The molecule has 152 valence electrons. The lowest BCUT2D eigenvalue weighted by atomic mass is 10.1. The van der Waals surface area contributed by atoms with Gasteiger partial charge in [0, 0.05) is 11.1 Å². The number of methoxy groups -OCH3 is 2. The number of nitrogens with one attached hydrogen (secondary N) is 1. The van der Waals surface area contributed by atoms with Crippen LogP contribution in [0.1, 0.15) is 21.7 Å². The third-order valence-electron chi connectivity index (χ3n) is 4.73. The first-order valence-corrected chi connectivity index (χ1v) is 9.37. The lowest BCUT2D eigenvalue weighted by Gasteiger charge is -2.09. The van der Waals surface area contributed by atoms with Gasteiger partial charge in [0.1, 0.15) is 0 Å². The van der Waals surface area contributed by atoms with Gasteiger partial charge in [-0.3, -0.25) is 4.79 Å². The second kappa shape index (κ2) is 8.20. The van der Waals surface area contributed by atoms with Crippen LogP contribution in [-0.2, 0) is 6.54 Å². The Hall–Kier alpha value is -3.94. The van der Waals surface area contributed by atoms with Crippen LogP contribution in [0, 0.1) is 6.92 Å². The average Bonchev–Trinajstić information content (AvgIpc) is 3.19. The summed E-state index contributed by atoms with van der Waals surface area (Å²) < 4.78 is 12.1. The molecule has 4 rings (SSSR count). The minimum Gasteiger partial charge on any atom is -0.493 e. The first-order chi connectivity index (χ1) is 14.6. The van der Waals surface area contributed by atoms with Gasteiger partial charge >= 0.3 is 0 Å². The SMILES string of the molecule is COc1ccc(C(=O)NCc2nnc3ccc(-c4ccc(C)cc4)nn23)cc1OC. The van der Waals surface area contributed by atoms with E-state index in [9.17, 15) is 4.79 Å². The number of fused-ring (bicyclic) bond motifs is 1. The van der Waals surface area contributed by atoms with Gasteiger partial charge in [0.05, 0.1) is 26.5 Å². The molecule has 2 heterocycles. The Morgan fingerprint density at radius 1 is 0.967 bits per heavy atom. The zero-order valence-corrected chi connectivity index (χ0v) is 16.9. The van der Waals surface area contributed by atoms with Crippen molar-refractivity contribution in [3.63, 3.8) is 0 Å². The highest BCUT2D eigenvalue weighted by atomic mass is 16.5. The fourth-order valence-electron chi connectivity index (χ4n) is 3.06. The molecule has 8 nitrogen and oxygen atoms in total. The van der Waals surface area contributed by atoms with Gasteiger partial charge in [0.2, 0.25) is 0 Å². The minimum atomic E-state index is -0.262. The third-order valence-corrected chi connectivity index (χ3v) is 4.73. The lowest BCUT2D eigenvalue weighted by Crippen LogP contribution is -2.24. The van der Waals surface area contributed by atoms with Crippen molar-refractivity contribution in [3.8, 4) is 22.8 Å². The zero-order valence-electron chi connectivity index (χ0n) is 16.9. The topological polar surface area (TPSA) is 90.6 Å². The molecule has 2 aromatic heterocycles. The van der Waals surface area contributed by atoms with Crippen molar-refractivity contribution in [3.05, 3.63) is 71.5 Å². The van der Waals surface area contributed by atoms with E-state index in [1.165, 1.54) is 12.7 Å². The molecule has 0 bridgehead atoms. The van der Waals surface area contributed by atoms with Crippen LogP contribution in [0.2, 0.25) is 0 Å². The molecule has 0 radical (unpaired) electrons. The van der Waals surface area contributed by atoms with E-state index in [1.54, 1.807) is 29.8 Å². The maximum Gasteiger partial charge on any atom is 0.251 e. The van der Waals surface area contributed by atoms with E-state index in [4.69, 9.17) is 9.47 Å². The Bertz CT molecular complexity index is 1200. The number of rotatable bonds is 6. The van der Waals surface area contributed by atoms with Crippen LogP contribution in [0.4, 0.5) is 0 Å². The summed E-state index contributed by atoms with van der Waals surface area (Å²) in [6.45, 7) is 2.22. The van der Waals surface area contributed by atoms with Gasteiger partial charge in [0.25, 0.3) is 5.91 Å². The summed E-state index contributed by atoms with van der Waals surface area (Å²) in [6, 6.07) is 16.9. The predicted molar refractivity (Wildman–Crippen MR) is 112 cm³/mol. The number of aromatic nitrogens is 4. The Morgan fingerprint density at radius 3 is 2.47 bits per heavy atom. The lowest BCUT2D eigenvalue weighted by molar-refractivity contribution is 0.0949. The van der Waals surface area contributed by atoms with Crippen LogP contribution >= 0.6 is 0 Å². The number of benzene rings is 2. The number of ether oxygens (including phenoxy) is 2. The van der Waals surface area contributed by atoms with Crippen LogP contribution in [0.5, 0.6) is 11.5 Å². The second-order valence-electron chi connectivity index (χ2n) is 6.72. The van der Waals surface area contributed by atoms with Crippen molar-refractivity contribution < 1.29 is 14.3 Å². The number of carbonyl (C=O) groups is 1. The molecule has 0 atom stereocenters. The third kappa shape index (κ3) is 3.80. The van der Waals surface area contributed by atoms with E-state index in [2.05, 4.69) is 20.6 Å². The van der Waals surface area contributed by atoms with Gasteiger partial charge in [-0.05, 0) is 37.3 Å². The molecule has 30 heavy (non-hydrogen) atoms. The first-order valence-electron chi connectivity index (χ1n) is 9.37. The molecule has 4 aromatic rings. The normalized spacial score (nSPS) is 10.8. The van der Waals surface area contributed by atoms with Crippen LogP contribution in [-0.4, -0.2) is 39.9 Å². The summed E-state index contributed by atoms with van der Waals surface area (Å²) >= 11 is 0. The monoisotopic (exact) mass is 403 g/mol. The Kier molecular flexibility index (Phi) is 5.30. The Balaban J connectivity index is 1.54. The van der Waals surface area contributed by atoms with E-state index in [-0.39, 0.29) is 12.5 Å². The maximum atomic E-state index is 12.6. The highest BCUT2D eigenvalue weighted by Crippen LogP contribution is 2.27. The molecule has 0 spiro atoms. The van der Waals surface area contributed by atoms with Crippen molar-refractivity contribution >= 4 is 11.6 Å². The molecule has 0 aliphatic heterocycles. The molecule has 0 aliphatic rings. The van der Waals surface area contributed by atoms with Gasteiger partial charge in [-0.15, -0.1) is 10.2 Å². The smallest absolute Gasteiger partial charge is 0.251 e. The van der Waals surface area contributed by atoms with Crippen molar-refractivity contribution in [1.29, 1.82) is 0 Å². The number of hydrogen-bond acceptors (Lipinski definition) is 6. The molecule has 8 heteroatoms. The predicted octanol–water partition coefficient (Wildman–Crippen LogP) is 3.05. The molecule has 1 amide bonds. The highest BCUT2D eigenvalue weighted by molar-refractivity contribution is 5.94. The minimum absolute atomic E-state index is 0.179. The number of hydrogen-bond donors (Lipinski definition) is 1. The van der Waals surface area contributed by atoms with E-state index in [1.807, 2.05) is 43.3 Å². The molecule has 0 saturated carbocycles. The molecule has 1 N–H and O–H groups in total. The summed E-state index contributed by atoms with van der Waals surface area (Å²) in [7, 11) is 3.07. The van der Waals surface area contributed by atoms with Gasteiger partial charge in [-0.25, -0.2) is 0 Å². The number of nitrogens with zero attached hydrogens (tertiary/aromatic N) is 4. The van der Waals surface area contributed by atoms with Gasteiger partial charge < -0.3 is 14.8 Å². The van der Waals surface area contributed by atoms with Gasteiger partial charge in [-0.1, -0.05) is 29.8 Å². The summed E-state index contributed by atoms with van der Waals surface area (Å²) in [5.74, 6) is 1.32.